The number of carbonyl (C=O) groups is 4. The number of hydrogen-bond acceptors (Lipinski definition) is 8. The Hall–Kier alpha value is -2.82. The van der Waals surface area contributed by atoms with Crippen molar-refractivity contribution in [3.8, 4) is 0 Å². The maximum atomic E-state index is 14.1. The second-order valence-electron chi connectivity index (χ2n) is 9.92. The average molecular weight is 555 g/mol. The highest BCUT2D eigenvalue weighted by atomic mass is 32.2. The number of methoxy groups -OCH3 is 1. The molecule has 8 nitrogen and oxygen atoms in total. The van der Waals surface area contributed by atoms with Crippen LogP contribution in [0.5, 0.6) is 0 Å². The number of ether oxygens (including phenoxy) is 1. The molecule has 2 amide bonds. The van der Waals surface area contributed by atoms with Crippen LogP contribution in [0.4, 0.5) is 0 Å². The smallest absolute Gasteiger partial charge is 0.305 e. The third-order valence-corrected chi connectivity index (χ3v) is 11.0. The van der Waals surface area contributed by atoms with E-state index in [9.17, 15) is 24.3 Å². The van der Waals surface area contributed by atoms with Crippen LogP contribution < -0.4 is 10.6 Å². The van der Waals surface area contributed by atoms with E-state index >= 15 is 0 Å². The van der Waals surface area contributed by atoms with Crippen molar-refractivity contribution in [2.24, 2.45) is 5.92 Å². The van der Waals surface area contributed by atoms with Crippen LogP contribution in [0.2, 0.25) is 0 Å². The van der Waals surface area contributed by atoms with Crippen molar-refractivity contribution in [1.82, 2.24) is 10.6 Å². The van der Waals surface area contributed by atoms with Gasteiger partial charge in [-0.1, -0.05) is 36.4 Å². The normalized spacial score (nSPS) is 31.4. The number of esters is 1. The molecule has 3 fully saturated rings. The molecule has 10 heteroatoms. The van der Waals surface area contributed by atoms with Crippen molar-refractivity contribution in [3.63, 3.8) is 0 Å². The Balaban J connectivity index is 1.49. The van der Waals surface area contributed by atoms with Gasteiger partial charge in [0, 0.05) is 34.3 Å². The van der Waals surface area contributed by atoms with Crippen LogP contribution in [-0.4, -0.2) is 75.0 Å². The van der Waals surface area contributed by atoms with Gasteiger partial charge in [0.2, 0.25) is 0 Å². The number of Topliss-reactive ketones (excluding diaryl/α,β-unsaturated/α-hetero) is 1. The fraction of sp³-hybridized carbons (Fsp3) is 0.429. The van der Waals surface area contributed by atoms with E-state index in [0.717, 1.165) is 0 Å². The zero-order valence-corrected chi connectivity index (χ0v) is 22.6. The first-order chi connectivity index (χ1) is 18.3. The third kappa shape index (κ3) is 4.42. The summed E-state index contributed by atoms with van der Waals surface area (Å²) in [4.78, 5) is 52.3. The molecule has 0 unspecified atom stereocenters. The molecule has 2 heterocycles. The van der Waals surface area contributed by atoms with Crippen LogP contribution >= 0.6 is 23.5 Å². The van der Waals surface area contributed by atoms with Crippen molar-refractivity contribution in [1.29, 1.82) is 0 Å². The highest BCUT2D eigenvalue weighted by molar-refractivity contribution is 8.02. The highest BCUT2D eigenvalue weighted by Gasteiger charge is 2.75. The zero-order valence-electron chi connectivity index (χ0n) is 20.9. The monoisotopic (exact) mass is 554 g/mol. The minimum atomic E-state index is -1.72. The summed E-state index contributed by atoms with van der Waals surface area (Å²) in [7, 11) is 1.34. The van der Waals surface area contributed by atoms with Crippen LogP contribution in [0.25, 0.3) is 0 Å². The molecule has 2 bridgehead atoms. The molecule has 38 heavy (non-hydrogen) atoms. The number of fused-ring (bicyclic) bond motifs is 4. The number of amides is 2. The van der Waals surface area contributed by atoms with Crippen molar-refractivity contribution in [3.05, 3.63) is 71.8 Å². The Morgan fingerprint density at radius 2 is 1.63 bits per heavy atom. The van der Waals surface area contributed by atoms with E-state index in [2.05, 4.69) is 10.6 Å². The van der Waals surface area contributed by atoms with E-state index in [-0.39, 0.29) is 35.8 Å². The van der Waals surface area contributed by atoms with Gasteiger partial charge in [0.25, 0.3) is 11.8 Å². The SMILES string of the molecule is COC(=O)CCC[C@@H]1[C@H]2SC[C@H](NC(=O)c3ccccc3)[C@]2(O)[C@]2(NC(=O)c3ccccc3)CS[C@H]1C2=O. The van der Waals surface area contributed by atoms with Gasteiger partial charge in [0.1, 0.15) is 11.1 Å². The van der Waals surface area contributed by atoms with E-state index in [0.29, 0.717) is 29.7 Å². The lowest BCUT2D eigenvalue weighted by Gasteiger charge is -2.52. The van der Waals surface area contributed by atoms with Crippen molar-refractivity contribution >= 4 is 47.1 Å². The molecule has 0 spiro atoms. The minimum Gasteiger partial charge on any atom is -0.469 e. The second kappa shape index (κ2) is 10.7. The zero-order chi connectivity index (χ0) is 26.9. The summed E-state index contributed by atoms with van der Waals surface area (Å²) in [5.41, 5.74) is -2.45. The average Bonchev–Trinajstić information content (AvgIpc) is 3.42. The number of aliphatic hydroxyl groups is 1. The lowest BCUT2D eigenvalue weighted by Crippen LogP contribution is -2.80. The Morgan fingerprint density at radius 1 is 1.00 bits per heavy atom. The molecule has 3 N–H and O–H groups in total. The summed E-state index contributed by atoms with van der Waals surface area (Å²) < 4.78 is 4.77. The highest BCUT2D eigenvalue weighted by Crippen LogP contribution is 2.59. The largest absolute Gasteiger partial charge is 0.469 e. The first-order valence-corrected chi connectivity index (χ1v) is 14.7. The molecule has 2 aromatic carbocycles. The van der Waals surface area contributed by atoms with E-state index < -0.39 is 33.6 Å². The summed E-state index contributed by atoms with van der Waals surface area (Å²) in [6.07, 6.45) is 1.28. The van der Waals surface area contributed by atoms with Crippen LogP contribution in [0.3, 0.4) is 0 Å². The molecule has 200 valence electrons. The lowest BCUT2D eigenvalue weighted by molar-refractivity contribution is -0.145. The summed E-state index contributed by atoms with van der Waals surface area (Å²) in [6.45, 7) is 0. The lowest BCUT2D eigenvalue weighted by atomic mass is 9.61. The quantitative estimate of drug-likeness (QED) is 0.426. The summed E-state index contributed by atoms with van der Waals surface area (Å²) in [6, 6.07) is 16.5. The van der Waals surface area contributed by atoms with Gasteiger partial charge in [0.15, 0.2) is 5.78 Å². The predicted octanol–water partition coefficient (Wildman–Crippen LogP) is 2.46. The van der Waals surface area contributed by atoms with E-state index in [1.54, 1.807) is 54.6 Å². The summed E-state index contributed by atoms with van der Waals surface area (Å²) in [5.74, 6) is -0.976. The number of hydrogen-bond donors (Lipinski definition) is 3. The molecule has 6 atom stereocenters. The van der Waals surface area contributed by atoms with Crippen molar-refractivity contribution in [2.45, 2.75) is 46.9 Å². The number of thioether (sulfide) groups is 2. The number of benzene rings is 2. The predicted molar refractivity (Wildman–Crippen MR) is 146 cm³/mol. The number of carbonyl (C=O) groups excluding carboxylic acids is 4. The summed E-state index contributed by atoms with van der Waals surface area (Å²) >= 11 is 2.95. The van der Waals surface area contributed by atoms with Gasteiger partial charge in [-0.25, -0.2) is 0 Å². The second-order valence-corrected chi connectivity index (χ2v) is 12.2. The first-order valence-electron chi connectivity index (χ1n) is 12.6. The number of rotatable bonds is 8. The topological polar surface area (TPSA) is 122 Å². The molecule has 1 saturated carbocycles. The molecule has 5 rings (SSSR count). The molecule has 2 saturated heterocycles. The standard InChI is InChI=1S/C28H30N2O6S2/c1-36-21(31)14-8-13-19-22-23(32)27(16-38-22,30-26(34)18-11-6-3-7-12-18)28(35)20(15-37-24(19)28)29-25(33)17-9-4-2-5-10-17/h2-7,9-12,19-20,22,24,35H,8,13-16H2,1H3,(H,29,33)(H,30,34)/t19-,20-,22+,24+,27-,28+/m0/s1. The molecule has 0 aromatic heterocycles. The summed E-state index contributed by atoms with van der Waals surface area (Å²) in [5, 5.41) is 17.7. The van der Waals surface area contributed by atoms with Crippen LogP contribution in [0, 0.1) is 5.92 Å². The maximum absolute atomic E-state index is 14.1. The molecule has 0 radical (unpaired) electrons. The van der Waals surface area contributed by atoms with Crippen molar-refractivity contribution in [2.75, 3.05) is 18.6 Å². The fourth-order valence-corrected chi connectivity index (χ4v) is 9.72. The van der Waals surface area contributed by atoms with E-state index in [4.69, 9.17) is 4.74 Å². The molecule has 3 aliphatic rings. The fourth-order valence-electron chi connectivity index (χ4n) is 5.96. The molecule has 2 aromatic rings. The van der Waals surface area contributed by atoms with Crippen LogP contribution in [0.15, 0.2) is 60.7 Å². The van der Waals surface area contributed by atoms with Crippen LogP contribution in [-0.2, 0) is 14.3 Å². The molecule has 1 aliphatic carbocycles. The first kappa shape index (κ1) is 26.8. The van der Waals surface area contributed by atoms with Gasteiger partial charge in [-0.05, 0) is 43.0 Å². The van der Waals surface area contributed by atoms with Crippen molar-refractivity contribution < 1.29 is 29.0 Å². The maximum Gasteiger partial charge on any atom is 0.305 e. The Kier molecular flexibility index (Phi) is 7.57. The molecular weight excluding hydrogens is 524 g/mol. The molecule has 2 aliphatic heterocycles. The van der Waals surface area contributed by atoms with Gasteiger partial charge < -0.3 is 20.5 Å². The third-order valence-electron chi connectivity index (χ3n) is 7.88. The van der Waals surface area contributed by atoms with E-state index in [1.807, 2.05) is 6.07 Å². The van der Waals surface area contributed by atoms with E-state index in [1.165, 1.54) is 30.6 Å². The van der Waals surface area contributed by atoms with Crippen LogP contribution in [0.1, 0.15) is 40.0 Å². The Morgan fingerprint density at radius 3 is 2.26 bits per heavy atom. The van der Waals surface area contributed by atoms with Gasteiger partial charge >= 0.3 is 5.97 Å². The van der Waals surface area contributed by atoms with Gasteiger partial charge in [-0.15, -0.1) is 11.8 Å². The molecular formula is C28H30N2O6S2. The number of ketones is 1. The van der Waals surface area contributed by atoms with Gasteiger partial charge in [0.05, 0.1) is 18.4 Å². The Bertz CT molecular complexity index is 1230. The van der Waals surface area contributed by atoms with Gasteiger partial charge in [-0.3, -0.25) is 19.2 Å². The van der Waals surface area contributed by atoms with Gasteiger partial charge in [-0.2, -0.15) is 11.8 Å². The number of nitrogens with one attached hydrogen (secondary N) is 2. The Labute approximate surface area is 229 Å². The minimum absolute atomic E-state index is 0.202.